The fourth-order valence-corrected chi connectivity index (χ4v) is 2.56. The fraction of sp³-hybridized carbons (Fsp3) is 0.0588. The Hall–Kier alpha value is -2.46. The second kappa shape index (κ2) is 5.50. The molecule has 1 saturated heterocycles. The molecule has 4 heteroatoms. The van der Waals surface area contributed by atoms with Crippen molar-refractivity contribution in [2.24, 2.45) is 0 Å². The van der Waals surface area contributed by atoms with Gasteiger partial charge in [-0.15, -0.1) is 0 Å². The van der Waals surface area contributed by atoms with E-state index in [2.05, 4.69) is 0 Å². The van der Waals surface area contributed by atoms with Crippen molar-refractivity contribution in [1.29, 1.82) is 0 Å². The molecular formula is C17H14N2OS. The number of amides is 1. The minimum absolute atomic E-state index is 0.0995. The normalized spacial score (nSPS) is 16.9. The maximum Gasteiger partial charge on any atom is 0.281 e. The summed E-state index contributed by atoms with van der Waals surface area (Å²) in [7, 11) is 1.82. The first kappa shape index (κ1) is 13.5. The number of carbonyl (C=O) groups excluding carboxylic acids is 1. The van der Waals surface area contributed by atoms with Gasteiger partial charge in [0.15, 0.2) is 5.11 Å². The fourth-order valence-electron chi connectivity index (χ4n) is 2.27. The summed E-state index contributed by atoms with van der Waals surface area (Å²) in [6.45, 7) is 0. The molecule has 0 unspecified atom stereocenters. The summed E-state index contributed by atoms with van der Waals surface area (Å²) in [6, 6.07) is 19.2. The highest BCUT2D eigenvalue weighted by Gasteiger charge is 2.36. The van der Waals surface area contributed by atoms with E-state index in [1.165, 1.54) is 0 Å². The third-order valence-corrected chi connectivity index (χ3v) is 3.84. The van der Waals surface area contributed by atoms with Crippen LogP contribution in [-0.2, 0) is 4.79 Å². The first-order valence-electron chi connectivity index (χ1n) is 6.62. The van der Waals surface area contributed by atoms with Crippen LogP contribution in [0.4, 0.5) is 5.69 Å². The van der Waals surface area contributed by atoms with Crippen LogP contribution in [0.5, 0.6) is 0 Å². The van der Waals surface area contributed by atoms with Gasteiger partial charge in [0.05, 0.1) is 5.69 Å². The van der Waals surface area contributed by atoms with Gasteiger partial charge in [-0.25, -0.2) is 0 Å². The Morgan fingerprint density at radius 1 is 0.952 bits per heavy atom. The van der Waals surface area contributed by atoms with Gasteiger partial charge in [-0.05, 0) is 36.0 Å². The van der Waals surface area contributed by atoms with E-state index in [0.29, 0.717) is 10.8 Å². The zero-order valence-corrected chi connectivity index (χ0v) is 12.4. The summed E-state index contributed by atoms with van der Waals surface area (Å²) in [5.74, 6) is -0.0995. The quantitative estimate of drug-likeness (QED) is 0.627. The minimum atomic E-state index is -0.0995. The second-order valence-electron chi connectivity index (χ2n) is 4.76. The maximum atomic E-state index is 12.7. The lowest BCUT2D eigenvalue weighted by Gasteiger charge is -2.16. The van der Waals surface area contributed by atoms with E-state index in [1.54, 1.807) is 9.80 Å². The zero-order chi connectivity index (χ0) is 14.8. The predicted molar refractivity (Wildman–Crippen MR) is 88.7 cm³/mol. The van der Waals surface area contributed by atoms with Crippen LogP contribution in [0.1, 0.15) is 5.56 Å². The second-order valence-corrected chi connectivity index (χ2v) is 5.12. The van der Waals surface area contributed by atoms with Crippen LogP contribution >= 0.6 is 12.2 Å². The molecule has 1 aliphatic heterocycles. The molecule has 1 fully saturated rings. The highest BCUT2D eigenvalue weighted by atomic mass is 32.1. The van der Waals surface area contributed by atoms with Gasteiger partial charge in [-0.2, -0.15) is 0 Å². The molecule has 0 N–H and O–H groups in total. The first-order chi connectivity index (χ1) is 10.2. The van der Waals surface area contributed by atoms with E-state index >= 15 is 0 Å². The smallest absolute Gasteiger partial charge is 0.281 e. The van der Waals surface area contributed by atoms with Gasteiger partial charge in [-0.3, -0.25) is 9.69 Å². The zero-order valence-electron chi connectivity index (χ0n) is 11.6. The Kier molecular flexibility index (Phi) is 3.54. The van der Waals surface area contributed by atoms with Crippen LogP contribution in [0.2, 0.25) is 0 Å². The van der Waals surface area contributed by atoms with E-state index < -0.39 is 0 Å². The van der Waals surface area contributed by atoms with Crippen LogP contribution in [0.15, 0.2) is 66.4 Å². The van der Waals surface area contributed by atoms with Gasteiger partial charge in [0.2, 0.25) is 0 Å². The lowest BCUT2D eigenvalue weighted by atomic mass is 10.2. The van der Waals surface area contributed by atoms with Gasteiger partial charge in [-0.1, -0.05) is 48.5 Å². The molecule has 0 spiro atoms. The van der Waals surface area contributed by atoms with E-state index in [9.17, 15) is 4.79 Å². The number of likely N-dealkylation sites (N-methyl/N-ethyl adjacent to an activating group) is 1. The molecular weight excluding hydrogens is 280 g/mol. The highest BCUT2D eigenvalue weighted by molar-refractivity contribution is 7.80. The van der Waals surface area contributed by atoms with Gasteiger partial charge in [0, 0.05) is 7.05 Å². The predicted octanol–water partition coefficient (Wildman–Crippen LogP) is 3.29. The molecule has 2 aromatic carbocycles. The minimum Gasteiger partial charge on any atom is -0.317 e. The molecule has 0 radical (unpaired) electrons. The van der Waals surface area contributed by atoms with Gasteiger partial charge >= 0.3 is 0 Å². The van der Waals surface area contributed by atoms with Crippen molar-refractivity contribution in [1.82, 2.24) is 4.90 Å². The summed E-state index contributed by atoms with van der Waals surface area (Å²) < 4.78 is 0. The molecule has 0 aliphatic carbocycles. The third kappa shape index (κ3) is 2.45. The SMILES string of the molecule is CN1C(=S)N(c2ccccc2)C(=O)C1=Cc1ccccc1. The first-order valence-corrected chi connectivity index (χ1v) is 7.03. The van der Waals surface area contributed by atoms with E-state index in [0.717, 1.165) is 11.3 Å². The number of hydrogen-bond donors (Lipinski definition) is 0. The summed E-state index contributed by atoms with van der Waals surface area (Å²) in [5.41, 5.74) is 2.34. The molecule has 0 saturated carbocycles. The van der Waals surface area contributed by atoms with E-state index in [1.807, 2.05) is 73.8 Å². The molecule has 1 heterocycles. The molecule has 3 nitrogen and oxygen atoms in total. The number of para-hydroxylation sites is 1. The van der Waals surface area contributed by atoms with E-state index in [-0.39, 0.29) is 5.91 Å². The average Bonchev–Trinajstić information content (AvgIpc) is 2.73. The van der Waals surface area contributed by atoms with Crippen molar-refractivity contribution < 1.29 is 4.79 Å². The maximum absolute atomic E-state index is 12.7. The molecule has 0 bridgehead atoms. The molecule has 104 valence electrons. The van der Waals surface area contributed by atoms with Crippen molar-refractivity contribution in [3.63, 3.8) is 0 Å². The van der Waals surface area contributed by atoms with Gasteiger partial charge < -0.3 is 4.90 Å². The lowest BCUT2D eigenvalue weighted by Crippen LogP contribution is -2.30. The summed E-state index contributed by atoms with van der Waals surface area (Å²) in [4.78, 5) is 16.0. The van der Waals surface area contributed by atoms with E-state index in [4.69, 9.17) is 12.2 Å². The number of rotatable bonds is 2. The van der Waals surface area contributed by atoms with Crippen molar-refractivity contribution >= 4 is 35.0 Å². The standard InChI is InChI=1S/C17H14N2OS/c1-18-15(12-13-8-4-2-5-9-13)16(20)19(17(18)21)14-10-6-3-7-11-14/h2-12H,1H3. The van der Waals surface area contributed by atoms with Crippen LogP contribution < -0.4 is 4.90 Å². The Morgan fingerprint density at radius 3 is 2.14 bits per heavy atom. The number of nitrogens with zero attached hydrogens (tertiary/aromatic N) is 2. The molecule has 0 aromatic heterocycles. The topological polar surface area (TPSA) is 23.6 Å². The largest absolute Gasteiger partial charge is 0.317 e. The molecule has 1 amide bonds. The summed E-state index contributed by atoms with van der Waals surface area (Å²) >= 11 is 5.41. The van der Waals surface area contributed by atoms with Crippen molar-refractivity contribution in [2.75, 3.05) is 11.9 Å². The Balaban J connectivity index is 2.00. The Morgan fingerprint density at radius 2 is 1.52 bits per heavy atom. The number of benzene rings is 2. The molecule has 3 rings (SSSR count). The molecule has 1 aliphatic rings. The van der Waals surface area contributed by atoms with Crippen molar-refractivity contribution in [3.8, 4) is 0 Å². The van der Waals surface area contributed by atoms with Gasteiger partial charge in [0.1, 0.15) is 5.70 Å². The summed E-state index contributed by atoms with van der Waals surface area (Å²) in [5, 5.41) is 0.494. The van der Waals surface area contributed by atoms with Gasteiger partial charge in [0.25, 0.3) is 5.91 Å². The van der Waals surface area contributed by atoms with Crippen molar-refractivity contribution in [3.05, 3.63) is 71.9 Å². The monoisotopic (exact) mass is 294 g/mol. The van der Waals surface area contributed by atoms with Crippen LogP contribution in [0, 0.1) is 0 Å². The molecule has 2 aromatic rings. The summed E-state index contributed by atoms with van der Waals surface area (Å²) in [6.07, 6.45) is 1.86. The molecule has 0 atom stereocenters. The molecule has 21 heavy (non-hydrogen) atoms. The Bertz CT molecular complexity index is 710. The van der Waals surface area contributed by atoms with Crippen LogP contribution in [-0.4, -0.2) is 23.0 Å². The number of hydrogen-bond acceptors (Lipinski definition) is 2. The highest BCUT2D eigenvalue weighted by Crippen LogP contribution is 2.27. The average molecular weight is 294 g/mol. The third-order valence-electron chi connectivity index (χ3n) is 3.38. The van der Waals surface area contributed by atoms with Crippen molar-refractivity contribution in [2.45, 2.75) is 0 Å². The number of thiocarbonyl (C=S) groups is 1. The van der Waals surface area contributed by atoms with Crippen LogP contribution in [0.3, 0.4) is 0 Å². The Labute approximate surface area is 129 Å². The van der Waals surface area contributed by atoms with Crippen LogP contribution in [0.25, 0.3) is 6.08 Å². The number of anilines is 1. The lowest BCUT2D eigenvalue weighted by molar-refractivity contribution is -0.114. The number of carbonyl (C=O) groups is 1.